The van der Waals surface area contributed by atoms with Crippen molar-refractivity contribution in [1.29, 1.82) is 0 Å². The van der Waals surface area contributed by atoms with E-state index in [4.69, 9.17) is 15.2 Å². The number of nitrogens with zero attached hydrogens (tertiary/aromatic N) is 2. The predicted octanol–water partition coefficient (Wildman–Crippen LogP) is 1.30. The molecule has 114 valence electrons. The fourth-order valence-electron chi connectivity index (χ4n) is 3.18. The summed E-state index contributed by atoms with van der Waals surface area (Å²) < 4.78 is 11.8. The molecule has 2 aliphatic heterocycles. The summed E-state index contributed by atoms with van der Waals surface area (Å²) in [6.45, 7) is 1.86. The van der Waals surface area contributed by atoms with Crippen molar-refractivity contribution in [2.24, 2.45) is 5.73 Å². The number of hydrogen-bond donors (Lipinski definition) is 1. The lowest BCUT2D eigenvalue weighted by Gasteiger charge is -2.35. The van der Waals surface area contributed by atoms with Crippen LogP contribution in [0.3, 0.4) is 0 Å². The number of rotatable bonds is 4. The lowest BCUT2D eigenvalue weighted by molar-refractivity contribution is -0.0980. The van der Waals surface area contributed by atoms with Gasteiger partial charge < -0.3 is 20.1 Å². The Morgan fingerprint density at radius 1 is 1.38 bits per heavy atom. The molecule has 6 heteroatoms. The molecule has 0 radical (unpaired) electrons. The number of pyridine rings is 1. The maximum atomic E-state index is 11.3. The van der Waals surface area contributed by atoms with E-state index in [0.717, 1.165) is 24.8 Å². The molecule has 1 aromatic rings. The largest absolute Gasteiger partial charge is 0.374 e. The van der Waals surface area contributed by atoms with E-state index in [1.165, 1.54) is 0 Å². The third-order valence-corrected chi connectivity index (χ3v) is 4.24. The highest BCUT2D eigenvalue weighted by Crippen LogP contribution is 2.31. The van der Waals surface area contributed by atoms with E-state index in [0.29, 0.717) is 19.8 Å². The minimum absolute atomic E-state index is 0.112. The van der Waals surface area contributed by atoms with Crippen LogP contribution in [0.5, 0.6) is 0 Å². The fraction of sp³-hybridized carbons (Fsp3) is 0.600. The number of urea groups is 1. The number of carbonyl (C=O) groups excluding carboxylic acids is 1. The van der Waals surface area contributed by atoms with Gasteiger partial charge in [0.15, 0.2) is 0 Å². The van der Waals surface area contributed by atoms with Crippen LogP contribution in [0.2, 0.25) is 0 Å². The zero-order valence-corrected chi connectivity index (χ0v) is 12.0. The van der Waals surface area contributed by atoms with Crippen LogP contribution in [-0.2, 0) is 16.1 Å². The van der Waals surface area contributed by atoms with E-state index in [1.54, 1.807) is 17.3 Å². The van der Waals surface area contributed by atoms with Crippen molar-refractivity contribution >= 4 is 6.03 Å². The first-order valence-electron chi connectivity index (χ1n) is 7.42. The van der Waals surface area contributed by atoms with E-state index in [2.05, 4.69) is 4.98 Å². The lowest BCUT2D eigenvalue weighted by atomic mass is 9.99. The second-order valence-electron chi connectivity index (χ2n) is 5.63. The van der Waals surface area contributed by atoms with Gasteiger partial charge in [-0.15, -0.1) is 0 Å². The standard InChI is InChI=1S/C15H21N3O3/c16-15(19)18-8-5-14-13(18)2-1-12(21-14)10-20-9-11-3-6-17-7-4-11/h3-4,6-7,12-14H,1-2,5,8-10H2,(H2,16,19)/t12-,13+,14+/m1/s1. The second-order valence-corrected chi connectivity index (χ2v) is 5.63. The molecule has 2 amide bonds. The monoisotopic (exact) mass is 291 g/mol. The zero-order chi connectivity index (χ0) is 14.7. The molecule has 2 fully saturated rings. The molecule has 3 rings (SSSR count). The topological polar surface area (TPSA) is 77.7 Å². The van der Waals surface area contributed by atoms with Gasteiger partial charge in [0.25, 0.3) is 0 Å². The number of ether oxygens (including phenoxy) is 2. The summed E-state index contributed by atoms with van der Waals surface area (Å²) >= 11 is 0. The van der Waals surface area contributed by atoms with Gasteiger partial charge in [0, 0.05) is 18.9 Å². The van der Waals surface area contributed by atoms with Crippen molar-refractivity contribution in [2.75, 3.05) is 13.2 Å². The Morgan fingerprint density at radius 2 is 2.19 bits per heavy atom. The van der Waals surface area contributed by atoms with E-state index < -0.39 is 0 Å². The average molecular weight is 291 g/mol. The first-order valence-corrected chi connectivity index (χ1v) is 7.42. The van der Waals surface area contributed by atoms with E-state index in [-0.39, 0.29) is 24.3 Å². The quantitative estimate of drug-likeness (QED) is 0.907. The van der Waals surface area contributed by atoms with Gasteiger partial charge in [-0.2, -0.15) is 0 Å². The van der Waals surface area contributed by atoms with Crippen molar-refractivity contribution in [3.05, 3.63) is 30.1 Å². The highest BCUT2D eigenvalue weighted by molar-refractivity contribution is 5.72. The number of primary amides is 1. The first-order chi connectivity index (χ1) is 10.2. The van der Waals surface area contributed by atoms with Gasteiger partial charge in [-0.3, -0.25) is 4.98 Å². The van der Waals surface area contributed by atoms with Crippen LogP contribution in [0.1, 0.15) is 24.8 Å². The third kappa shape index (κ3) is 3.33. The SMILES string of the molecule is NC(=O)N1CC[C@@H]2O[C@@H](COCc3ccncc3)CC[C@@H]21. The van der Waals surface area contributed by atoms with Crippen LogP contribution >= 0.6 is 0 Å². The molecule has 0 aromatic carbocycles. The van der Waals surface area contributed by atoms with Gasteiger partial charge >= 0.3 is 6.03 Å². The summed E-state index contributed by atoms with van der Waals surface area (Å²) in [7, 11) is 0. The van der Waals surface area contributed by atoms with Gasteiger partial charge in [-0.1, -0.05) is 0 Å². The second kappa shape index (κ2) is 6.41. The van der Waals surface area contributed by atoms with E-state index >= 15 is 0 Å². The third-order valence-electron chi connectivity index (χ3n) is 4.24. The molecule has 0 bridgehead atoms. The number of nitrogens with two attached hydrogens (primary N) is 1. The summed E-state index contributed by atoms with van der Waals surface area (Å²) in [6.07, 6.45) is 6.46. The number of aromatic nitrogens is 1. The smallest absolute Gasteiger partial charge is 0.315 e. The zero-order valence-electron chi connectivity index (χ0n) is 12.0. The highest BCUT2D eigenvalue weighted by Gasteiger charge is 2.41. The molecule has 0 spiro atoms. The number of carbonyl (C=O) groups is 1. The van der Waals surface area contributed by atoms with Gasteiger partial charge in [-0.25, -0.2) is 4.79 Å². The Labute approximate surface area is 124 Å². The maximum absolute atomic E-state index is 11.3. The molecule has 21 heavy (non-hydrogen) atoms. The summed E-state index contributed by atoms with van der Waals surface area (Å²) in [5.74, 6) is 0. The molecule has 0 unspecified atom stereocenters. The Hall–Kier alpha value is -1.66. The van der Waals surface area contributed by atoms with Gasteiger partial charge in [0.2, 0.25) is 0 Å². The number of likely N-dealkylation sites (tertiary alicyclic amines) is 1. The Balaban J connectivity index is 1.44. The molecule has 0 saturated carbocycles. The Bertz CT molecular complexity index is 482. The van der Waals surface area contributed by atoms with Crippen LogP contribution in [0.15, 0.2) is 24.5 Å². The fourth-order valence-corrected chi connectivity index (χ4v) is 3.18. The first kappa shape index (κ1) is 14.3. The van der Waals surface area contributed by atoms with Crippen LogP contribution in [0.4, 0.5) is 4.79 Å². The molecule has 2 N–H and O–H groups in total. The van der Waals surface area contributed by atoms with Gasteiger partial charge in [0.05, 0.1) is 31.5 Å². The molecular formula is C15H21N3O3. The Morgan fingerprint density at radius 3 is 2.95 bits per heavy atom. The van der Waals surface area contributed by atoms with Crippen LogP contribution < -0.4 is 5.73 Å². The summed E-state index contributed by atoms with van der Waals surface area (Å²) in [4.78, 5) is 17.0. The highest BCUT2D eigenvalue weighted by atomic mass is 16.5. The number of hydrogen-bond acceptors (Lipinski definition) is 4. The van der Waals surface area contributed by atoms with Crippen molar-refractivity contribution < 1.29 is 14.3 Å². The molecule has 3 heterocycles. The average Bonchev–Trinajstić information content (AvgIpc) is 2.91. The van der Waals surface area contributed by atoms with Crippen molar-refractivity contribution in [2.45, 2.75) is 44.1 Å². The predicted molar refractivity (Wildman–Crippen MR) is 76.5 cm³/mol. The van der Waals surface area contributed by atoms with Gasteiger partial charge in [0.1, 0.15) is 0 Å². The number of fused-ring (bicyclic) bond motifs is 1. The van der Waals surface area contributed by atoms with Gasteiger partial charge in [-0.05, 0) is 37.0 Å². The van der Waals surface area contributed by atoms with Crippen molar-refractivity contribution in [1.82, 2.24) is 9.88 Å². The summed E-state index contributed by atoms with van der Waals surface area (Å²) in [6, 6.07) is 3.70. The molecule has 2 saturated heterocycles. The Kier molecular flexibility index (Phi) is 4.36. The molecule has 3 atom stereocenters. The summed E-state index contributed by atoms with van der Waals surface area (Å²) in [5.41, 5.74) is 6.50. The maximum Gasteiger partial charge on any atom is 0.315 e. The van der Waals surface area contributed by atoms with E-state index in [9.17, 15) is 4.79 Å². The van der Waals surface area contributed by atoms with Crippen molar-refractivity contribution in [3.63, 3.8) is 0 Å². The van der Waals surface area contributed by atoms with Crippen LogP contribution in [0, 0.1) is 0 Å². The van der Waals surface area contributed by atoms with E-state index in [1.807, 2.05) is 12.1 Å². The minimum atomic E-state index is -0.335. The lowest BCUT2D eigenvalue weighted by Crippen LogP contribution is -2.47. The van der Waals surface area contributed by atoms with Crippen LogP contribution in [-0.4, -0.2) is 47.3 Å². The molecule has 6 nitrogen and oxygen atoms in total. The molecule has 1 aromatic heterocycles. The minimum Gasteiger partial charge on any atom is -0.374 e. The van der Waals surface area contributed by atoms with Crippen LogP contribution in [0.25, 0.3) is 0 Å². The molecule has 2 aliphatic rings. The summed E-state index contributed by atoms with van der Waals surface area (Å²) in [5, 5.41) is 0. The van der Waals surface area contributed by atoms with Crippen molar-refractivity contribution in [3.8, 4) is 0 Å². The number of amides is 2. The normalized spacial score (nSPS) is 28.4. The molecular weight excluding hydrogens is 270 g/mol. The molecule has 0 aliphatic carbocycles.